The van der Waals surface area contributed by atoms with E-state index in [1.165, 1.54) is 7.11 Å². The molecule has 2 aromatic carbocycles. The van der Waals surface area contributed by atoms with E-state index in [1.807, 2.05) is 13.8 Å². The van der Waals surface area contributed by atoms with Crippen LogP contribution in [0.1, 0.15) is 21.5 Å². The van der Waals surface area contributed by atoms with E-state index in [2.05, 4.69) is 5.32 Å². The number of benzene rings is 2. The maximum Gasteiger partial charge on any atom is 0.259 e. The first-order valence-electron chi connectivity index (χ1n) is 6.37. The molecule has 0 aliphatic heterocycles. The minimum absolute atomic E-state index is 0.0582. The number of phenols is 1. The van der Waals surface area contributed by atoms with Gasteiger partial charge in [0, 0.05) is 11.1 Å². The first kappa shape index (κ1) is 15.2. The smallest absolute Gasteiger partial charge is 0.259 e. The lowest BCUT2D eigenvalue weighted by Gasteiger charge is -2.13. The first-order valence-corrected chi connectivity index (χ1v) is 6.75. The molecule has 4 nitrogen and oxygen atoms in total. The number of rotatable bonds is 3. The summed E-state index contributed by atoms with van der Waals surface area (Å²) in [4.78, 5) is 12.3. The molecule has 21 heavy (non-hydrogen) atoms. The van der Waals surface area contributed by atoms with Crippen molar-refractivity contribution in [1.82, 2.24) is 0 Å². The molecule has 1 amide bonds. The molecular weight excluding hydrogens is 290 g/mol. The zero-order valence-electron chi connectivity index (χ0n) is 12.0. The minimum atomic E-state index is -0.410. The molecule has 0 aliphatic rings. The summed E-state index contributed by atoms with van der Waals surface area (Å²) in [5.74, 6) is -0.00442. The molecule has 2 aromatic rings. The van der Waals surface area contributed by atoms with Crippen LogP contribution in [0.2, 0.25) is 5.02 Å². The Kier molecular flexibility index (Phi) is 4.38. The van der Waals surface area contributed by atoms with Crippen LogP contribution in [0.4, 0.5) is 5.69 Å². The Morgan fingerprint density at radius 2 is 1.95 bits per heavy atom. The number of carbonyl (C=O) groups is 1. The Morgan fingerprint density at radius 1 is 1.24 bits per heavy atom. The number of amides is 1. The third-order valence-electron chi connectivity index (χ3n) is 3.13. The molecule has 0 saturated heterocycles. The predicted octanol–water partition coefficient (Wildman–Crippen LogP) is 3.92. The first-order chi connectivity index (χ1) is 9.92. The van der Waals surface area contributed by atoms with Crippen molar-refractivity contribution in [3.63, 3.8) is 0 Å². The highest BCUT2D eigenvalue weighted by Gasteiger charge is 2.14. The second-order valence-electron chi connectivity index (χ2n) is 4.78. The molecule has 0 aromatic heterocycles. The van der Waals surface area contributed by atoms with Gasteiger partial charge in [-0.2, -0.15) is 0 Å². The highest BCUT2D eigenvalue weighted by molar-refractivity contribution is 6.31. The number of anilines is 1. The number of nitrogens with one attached hydrogen (secondary N) is 1. The fraction of sp³-hybridized carbons (Fsp3) is 0.188. The van der Waals surface area contributed by atoms with Crippen LogP contribution < -0.4 is 10.1 Å². The number of halogens is 1. The number of phenolic OH excluding ortho intramolecular Hbond substituents is 1. The molecule has 0 saturated carbocycles. The van der Waals surface area contributed by atoms with Gasteiger partial charge in [0.25, 0.3) is 5.91 Å². The SMILES string of the molecule is COc1cc(Cl)c(C)cc1NC(=O)c1ccc(C)cc1O. The normalized spacial score (nSPS) is 10.3. The molecule has 5 heteroatoms. The van der Waals surface area contributed by atoms with Crippen molar-refractivity contribution in [2.24, 2.45) is 0 Å². The molecule has 0 bridgehead atoms. The Bertz CT molecular complexity index is 698. The second kappa shape index (κ2) is 6.06. The molecule has 2 rings (SSSR count). The molecular formula is C16H16ClNO3. The number of methoxy groups -OCH3 is 1. The van der Waals surface area contributed by atoms with Crippen molar-refractivity contribution in [2.45, 2.75) is 13.8 Å². The number of aromatic hydroxyl groups is 1. The summed E-state index contributed by atoms with van der Waals surface area (Å²) in [5.41, 5.74) is 2.41. The topological polar surface area (TPSA) is 58.6 Å². The Balaban J connectivity index is 2.33. The van der Waals surface area contributed by atoms with Crippen LogP contribution in [0.3, 0.4) is 0 Å². The van der Waals surface area contributed by atoms with Gasteiger partial charge in [-0.15, -0.1) is 0 Å². The van der Waals surface area contributed by atoms with E-state index >= 15 is 0 Å². The summed E-state index contributed by atoms with van der Waals surface area (Å²) in [5, 5.41) is 13.1. The van der Waals surface area contributed by atoms with Crippen LogP contribution in [0.15, 0.2) is 30.3 Å². The van der Waals surface area contributed by atoms with Crippen LogP contribution in [0.5, 0.6) is 11.5 Å². The Labute approximate surface area is 128 Å². The quantitative estimate of drug-likeness (QED) is 0.903. The third-order valence-corrected chi connectivity index (χ3v) is 3.53. The van der Waals surface area contributed by atoms with Crippen LogP contribution in [0, 0.1) is 13.8 Å². The molecule has 0 unspecified atom stereocenters. The van der Waals surface area contributed by atoms with Gasteiger partial charge in [-0.1, -0.05) is 17.7 Å². The minimum Gasteiger partial charge on any atom is -0.507 e. The zero-order chi connectivity index (χ0) is 15.6. The van der Waals surface area contributed by atoms with Crippen molar-refractivity contribution in [3.8, 4) is 11.5 Å². The molecule has 0 radical (unpaired) electrons. The molecule has 110 valence electrons. The summed E-state index contributed by atoms with van der Waals surface area (Å²) in [6.07, 6.45) is 0. The van der Waals surface area contributed by atoms with Gasteiger partial charge in [0.1, 0.15) is 11.5 Å². The predicted molar refractivity (Wildman–Crippen MR) is 83.5 cm³/mol. The average Bonchev–Trinajstić information content (AvgIpc) is 2.42. The van der Waals surface area contributed by atoms with Crippen LogP contribution in [0.25, 0.3) is 0 Å². The molecule has 0 aliphatic carbocycles. The number of ether oxygens (including phenoxy) is 1. The fourth-order valence-electron chi connectivity index (χ4n) is 1.95. The maximum atomic E-state index is 12.3. The van der Waals surface area contributed by atoms with Gasteiger partial charge in [-0.25, -0.2) is 0 Å². The van der Waals surface area contributed by atoms with E-state index in [-0.39, 0.29) is 11.3 Å². The Hall–Kier alpha value is -2.20. The summed E-state index contributed by atoms with van der Waals surface area (Å²) in [6, 6.07) is 8.25. The number of carbonyl (C=O) groups excluding carboxylic acids is 1. The van der Waals surface area contributed by atoms with Crippen molar-refractivity contribution in [2.75, 3.05) is 12.4 Å². The van der Waals surface area contributed by atoms with Crippen LogP contribution in [-0.2, 0) is 0 Å². The van der Waals surface area contributed by atoms with E-state index in [0.29, 0.717) is 16.5 Å². The Morgan fingerprint density at radius 3 is 2.57 bits per heavy atom. The lowest BCUT2D eigenvalue weighted by Crippen LogP contribution is -2.13. The lowest BCUT2D eigenvalue weighted by atomic mass is 10.1. The van der Waals surface area contributed by atoms with Gasteiger partial charge in [0.05, 0.1) is 18.4 Å². The van der Waals surface area contributed by atoms with E-state index in [4.69, 9.17) is 16.3 Å². The average molecular weight is 306 g/mol. The number of hydrogen-bond acceptors (Lipinski definition) is 3. The van der Waals surface area contributed by atoms with E-state index < -0.39 is 5.91 Å². The summed E-state index contributed by atoms with van der Waals surface area (Å²) < 4.78 is 5.21. The van der Waals surface area contributed by atoms with Gasteiger partial charge >= 0.3 is 0 Å². The van der Waals surface area contributed by atoms with Gasteiger partial charge < -0.3 is 15.2 Å². The van der Waals surface area contributed by atoms with Crippen LogP contribution >= 0.6 is 11.6 Å². The molecule has 0 fully saturated rings. The molecule has 0 heterocycles. The highest BCUT2D eigenvalue weighted by Crippen LogP contribution is 2.31. The van der Waals surface area contributed by atoms with Crippen molar-refractivity contribution in [1.29, 1.82) is 0 Å². The highest BCUT2D eigenvalue weighted by atomic mass is 35.5. The van der Waals surface area contributed by atoms with Crippen LogP contribution in [-0.4, -0.2) is 18.1 Å². The molecule has 0 spiro atoms. The summed E-state index contributed by atoms with van der Waals surface area (Å²) >= 11 is 6.03. The standard InChI is InChI=1S/C16H16ClNO3/c1-9-4-5-11(14(19)6-9)16(20)18-13-7-10(2)12(17)8-15(13)21-3/h4-8,19H,1-3H3,(H,18,20). The van der Waals surface area contributed by atoms with Gasteiger partial charge in [0.2, 0.25) is 0 Å². The monoisotopic (exact) mass is 305 g/mol. The number of hydrogen-bond donors (Lipinski definition) is 2. The number of aryl methyl sites for hydroxylation is 2. The van der Waals surface area contributed by atoms with E-state index in [1.54, 1.807) is 30.3 Å². The second-order valence-corrected chi connectivity index (χ2v) is 5.18. The lowest BCUT2D eigenvalue weighted by molar-refractivity contribution is 0.102. The maximum absolute atomic E-state index is 12.3. The van der Waals surface area contributed by atoms with Gasteiger partial charge in [-0.05, 0) is 43.2 Å². The fourth-order valence-corrected chi connectivity index (χ4v) is 2.11. The third kappa shape index (κ3) is 3.28. The van der Waals surface area contributed by atoms with Gasteiger partial charge in [-0.3, -0.25) is 4.79 Å². The summed E-state index contributed by atoms with van der Waals surface area (Å²) in [7, 11) is 1.50. The largest absolute Gasteiger partial charge is 0.507 e. The van der Waals surface area contributed by atoms with E-state index in [0.717, 1.165) is 11.1 Å². The van der Waals surface area contributed by atoms with Gasteiger partial charge in [0.15, 0.2) is 0 Å². The zero-order valence-corrected chi connectivity index (χ0v) is 12.8. The van der Waals surface area contributed by atoms with E-state index in [9.17, 15) is 9.90 Å². The van der Waals surface area contributed by atoms with Crippen molar-refractivity contribution < 1.29 is 14.6 Å². The molecule has 0 atom stereocenters. The van der Waals surface area contributed by atoms with Crippen molar-refractivity contribution in [3.05, 3.63) is 52.0 Å². The molecule has 2 N–H and O–H groups in total. The van der Waals surface area contributed by atoms with Crippen molar-refractivity contribution >= 4 is 23.2 Å². The summed E-state index contributed by atoms with van der Waals surface area (Å²) in [6.45, 7) is 3.67.